The zero-order chi connectivity index (χ0) is 17.8. The van der Waals surface area contributed by atoms with E-state index in [1.807, 2.05) is 17.6 Å². The normalized spacial score (nSPS) is 15.4. The van der Waals surface area contributed by atoms with Crippen LogP contribution in [0.25, 0.3) is 10.9 Å². The lowest BCUT2D eigenvalue weighted by Crippen LogP contribution is -2.42. The highest BCUT2D eigenvalue weighted by atomic mass is 35.5. The highest BCUT2D eigenvalue weighted by molar-refractivity contribution is 6.31. The van der Waals surface area contributed by atoms with Crippen LogP contribution in [0.5, 0.6) is 0 Å². The molecule has 134 valence electrons. The molecule has 1 saturated heterocycles. The van der Waals surface area contributed by atoms with Crippen LogP contribution in [0.15, 0.2) is 29.2 Å². The van der Waals surface area contributed by atoms with Gasteiger partial charge in [-0.1, -0.05) is 11.6 Å². The standard InChI is InChI=1S/C18H22ClN3O3/c1-2-22-12-15(17(23)14-11-13(19)3-4-16(14)22)18(24)20-5-6-21-7-9-25-10-8-21/h3-4,11-12H,2,5-10H2,1H3,(H,20,24). The van der Waals surface area contributed by atoms with Crippen LogP contribution in [0, 0.1) is 0 Å². The summed E-state index contributed by atoms with van der Waals surface area (Å²) in [6, 6.07) is 5.18. The molecule has 0 bridgehead atoms. The summed E-state index contributed by atoms with van der Waals surface area (Å²) in [5.74, 6) is -0.345. The number of hydrogen-bond donors (Lipinski definition) is 1. The van der Waals surface area contributed by atoms with E-state index >= 15 is 0 Å². The number of carbonyl (C=O) groups excluding carboxylic acids is 1. The van der Waals surface area contributed by atoms with Crippen molar-refractivity contribution in [3.05, 3.63) is 45.2 Å². The monoisotopic (exact) mass is 363 g/mol. The molecule has 0 radical (unpaired) electrons. The Hall–Kier alpha value is -1.89. The first-order valence-electron chi connectivity index (χ1n) is 8.51. The third-order valence-corrected chi connectivity index (χ3v) is 4.68. The van der Waals surface area contributed by atoms with Crippen molar-refractivity contribution in [1.82, 2.24) is 14.8 Å². The molecular formula is C18H22ClN3O3. The van der Waals surface area contributed by atoms with Gasteiger partial charge in [-0.2, -0.15) is 0 Å². The lowest BCUT2D eigenvalue weighted by atomic mass is 10.1. The largest absolute Gasteiger partial charge is 0.379 e. The number of morpholine rings is 1. The number of aromatic nitrogens is 1. The Labute approximate surface area is 151 Å². The predicted octanol–water partition coefficient (Wildman–Crippen LogP) is 1.74. The maximum absolute atomic E-state index is 12.7. The molecule has 0 saturated carbocycles. The number of carbonyl (C=O) groups is 1. The minimum absolute atomic E-state index is 0.151. The molecule has 1 amide bonds. The van der Waals surface area contributed by atoms with Gasteiger partial charge in [-0.15, -0.1) is 0 Å². The van der Waals surface area contributed by atoms with Crippen molar-refractivity contribution in [3.63, 3.8) is 0 Å². The first-order valence-corrected chi connectivity index (χ1v) is 8.89. The number of benzene rings is 1. The van der Waals surface area contributed by atoms with Crippen LogP contribution in [0.3, 0.4) is 0 Å². The summed E-state index contributed by atoms with van der Waals surface area (Å²) in [7, 11) is 0. The van der Waals surface area contributed by atoms with Gasteiger partial charge in [-0.05, 0) is 25.1 Å². The molecule has 1 aromatic heterocycles. The summed E-state index contributed by atoms with van der Waals surface area (Å²) in [6.45, 7) is 7.06. The van der Waals surface area contributed by atoms with Crippen LogP contribution in [0.4, 0.5) is 0 Å². The first-order chi connectivity index (χ1) is 12.1. The Morgan fingerprint density at radius 1 is 1.32 bits per heavy atom. The summed E-state index contributed by atoms with van der Waals surface area (Å²) in [4.78, 5) is 27.4. The van der Waals surface area contributed by atoms with E-state index in [-0.39, 0.29) is 16.9 Å². The number of nitrogens with zero attached hydrogens (tertiary/aromatic N) is 2. The Morgan fingerprint density at radius 3 is 2.80 bits per heavy atom. The minimum atomic E-state index is -0.345. The van der Waals surface area contributed by atoms with E-state index in [9.17, 15) is 9.59 Å². The van der Waals surface area contributed by atoms with Gasteiger partial charge in [0.25, 0.3) is 5.91 Å². The van der Waals surface area contributed by atoms with Crippen LogP contribution < -0.4 is 10.7 Å². The number of ether oxygens (including phenoxy) is 1. The van der Waals surface area contributed by atoms with Gasteiger partial charge in [0.05, 0.1) is 18.7 Å². The molecule has 0 atom stereocenters. The van der Waals surface area contributed by atoms with Gasteiger partial charge in [-0.25, -0.2) is 0 Å². The molecule has 2 heterocycles. The second-order valence-corrected chi connectivity index (χ2v) is 6.47. The average molecular weight is 364 g/mol. The van der Waals surface area contributed by atoms with Crippen LogP contribution >= 0.6 is 11.6 Å². The molecule has 1 fully saturated rings. The van der Waals surface area contributed by atoms with E-state index in [4.69, 9.17) is 16.3 Å². The van der Waals surface area contributed by atoms with E-state index in [0.29, 0.717) is 23.5 Å². The number of fused-ring (bicyclic) bond motifs is 1. The number of nitrogens with one attached hydrogen (secondary N) is 1. The van der Waals surface area contributed by atoms with Gasteiger partial charge in [-0.3, -0.25) is 14.5 Å². The fourth-order valence-corrected chi connectivity index (χ4v) is 3.21. The molecule has 1 aliphatic heterocycles. The van der Waals surface area contributed by atoms with Crippen molar-refractivity contribution in [3.8, 4) is 0 Å². The first kappa shape index (κ1) is 17.9. The van der Waals surface area contributed by atoms with Gasteiger partial charge >= 0.3 is 0 Å². The molecule has 0 aliphatic carbocycles. The SMILES string of the molecule is CCn1cc(C(=O)NCCN2CCOCC2)c(=O)c2cc(Cl)ccc21. The zero-order valence-electron chi connectivity index (χ0n) is 14.3. The maximum atomic E-state index is 12.7. The van der Waals surface area contributed by atoms with E-state index in [0.717, 1.165) is 38.4 Å². The van der Waals surface area contributed by atoms with E-state index < -0.39 is 0 Å². The van der Waals surface area contributed by atoms with Crippen LogP contribution in [-0.2, 0) is 11.3 Å². The summed E-state index contributed by atoms with van der Waals surface area (Å²) in [5.41, 5.74) is 0.645. The third kappa shape index (κ3) is 4.03. The van der Waals surface area contributed by atoms with Crippen LogP contribution in [-0.4, -0.2) is 54.8 Å². The highest BCUT2D eigenvalue weighted by Gasteiger charge is 2.16. The third-order valence-electron chi connectivity index (χ3n) is 4.44. The van der Waals surface area contributed by atoms with E-state index in [2.05, 4.69) is 10.2 Å². The van der Waals surface area contributed by atoms with Crippen molar-refractivity contribution in [1.29, 1.82) is 0 Å². The van der Waals surface area contributed by atoms with E-state index in [1.165, 1.54) is 0 Å². The quantitative estimate of drug-likeness (QED) is 0.878. The van der Waals surface area contributed by atoms with Crippen molar-refractivity contribution < 1.29 is 9.53 Å². The molecular weight excluding hydrogens is 342 g/mol. The lowest BCUT2D eigenvalue weighted by Gasteiger charge is -2.26. The molecule has 2 aromatic rings. The smallest absolute Gasteiger partial charge is 0.256 e. The number of hydrogen-bond acceptors (Lipinski definition) is 4. The zero-order valence-corrected chi connectivity index (χ0v) is 15.0. The number of rotatable bonds is 5. The van der Waals surface area contributed by atoms with Crippen molar-refractivity contribution >= 4 is 28.4 Å². The van der Waals surface area contributed by atoms with Crippen molar-refractivity contribution in [2.45, 2.75) is 13.5 Å². The van der Waals surface area contributed by atoms with Gasteiger partial charge in [0.1, 0.15) is 5.56 Å². The summed E-state index contributed by atoms with van der Waals surface area (Å²) in [6.07, 6.45) is 1.63. The van der Waals surface area contributed by atoms with Gasteiger partial charge in [0.15, 0.2) is 0 Å². The summed E-state index contributed by atoms with van der Waals surface area (Å²) >= 11 is 6.02. The lowest BCUT2D eigenvalue weighted by molar-refractivity contribution is 0.0383. The van der Waals surface area contributed by atoms with Crippen molar-refractivity contribution in [2.24, 2.45) is 0 Å². The molecule has 1 N–H and O–H groups in total. The topological polar surface area (TPSA) is 63.6 Å². The highest BCUT2D eigenvalue weighted by Crippen LogP contribution is 2.17. The number of halogens is 1. The maximum Gasteiger partial charge on any atom is 0.256 e. The minimum Gasteiger partial charge on any atom is -0.379 e. The fraction of sp³-hybridized carbons (Fsp3) is 0.444. The fourth-order valence-electron chi connectivity index (χ4n) is 3.04. The number of pyridine rings is 1. The summed E-state index contributed by atoms with van der Waals surface area (Å²) in [5, 5.41) is 3.80. The summed E-state index contributed by atoms with van der Waals surface area (Å²) < 4.78 is 7.20. The Kier molecular flexibility index (Phi) is 5.73. The van der Waals surface area contributed by atoms with Gasteiger partial charge < -0.3 is 14.6 Å². The number of amides is 1. The number of aryl methyl sites for hydroxylation is 1. The molecule has 1 aromatic carbocycles. The molecule has 3 rings (SSSR count). The Morgan fingerprint density at radius 2 is 2.08 bits per heavy atom. The molecule has 0 unspecified atom stereocenters. The second-order valence-electron chi connectivity index (χ2n) is 6.03. The van der Waals surface area contributed by atoms with E-state index in [1.54, 1.807) is 18.3 Å². The molecule has 0 spiro atoms. The van der Waals surface area contributed by atoms with Crippen molar-refractivity contribution in [2.75, 3.05) is 39.4 Å². The molecule has 6 nitrogen and oxygen atoms in total. The molecule has 7 heteroatoms. The second kappa shape index (κ2) is 7.99. The molecule has 1 aliphatic rings. The van der Waals surface area contributed by atoms with Crippen LogP contribution in [0.1, 0.15) is 17.3 Å². The van der Waals surface area contributed by atoms with Crippen LogP contribution in [0.2, 0.25) is 5.02 Å². The van der Waals surface area contributed by atoms with Gasteiger partial charge in [0, 0.05) is 49.3 Å². The van der Waals surface area contributed by atoms with Gasteiger partial charge in [0.2, 0.25) is 5.43 Å². The Balaban J connectivity index is 1.78. The average Bonchev–Trinajstić information content (AvgIpc) is 2.63. The predicted molar refractivity (Wildman–Crippen MR) is 98.5 cm³/mol. The molecule has 25 heavy (non-hydrogen) atoms. The Bertz CT molecular complexity index is 828.